The zero-order valence-electron chi connectivity index (χ0n) is 16.1. The van der Waals surface area contributed by atoms with Crippen LogP contribution < -0.4 is 16.4 Å². The first-order valence-electron chi connectivity index (χ1n) is 9.00. The quantitative estimate of drug-likeness (QED) is 0.226. The van der Waals surface area contributed by atoms with Gasteiger partial charge >= 0.3 is 0 Å². The van der Waals surface area contributed by atoms with Crippen LogP contribution in [0.25, 0.3) is 0 Å². The van der Waals surface area contributed by atoms with Crippen LogP contribution in [0.4, 0.5) is 5.69 Å². The van der Waals surface area contributed by atoms with Gasteiger partial charge in [-0.1, -0.05) is 26.0 Å². The highest BCUT2D eigenvalue weighted by atomic mass is 127. The zero-order valence-corrected chi connectivity index (χ0v) is 18.4. The van der Waals surface area contributed by atoms with Crippen LogP contribution in [0.1, 0.15) is 54.3 Å². The third-order valence-electron chi connectivity index (χ3n) is 4.34. The van der Waals surface area contributed by atoms with Gasteiger partial charge in [-0.15, -0.1) is 24.0 Å². The molecule has 0 bridgehead atoms. The number of nitrogens with one attached hydrogen (secondary N) is 2. The number of anilines is 1. The molecule has 6 nitrogen and oxygen atoms in total. The summed E-state index contributed by atoms with van der Waals surface area (Å²) in [4.78, 5) is 16.2. The number of nitrogens with zero attached hydrogens (tertiary/aromatic N) is 1. The molecule has 1 amide bonds. The standard InChI is InChI=1S/C20H28N4O2.HI/c1-4-14(2)16-6-8-17(9-7-16)24-20(21)23-12-5-11-22-19(25)18-15(3)10-13-26-18;/h6-10,13-14H,4-5,11-12H2,1-3H3,(H,22,25)(H3,21,23,24);1H. The Kier molecular flexibility index (Phi) is 9.92. The molecule has 27 heavy (non-hydrogen) atoms. The van der Waals surface area contributed by atoms with E-state index in [9.17, 15) is 4.79 Å². The van der Waals surface area contributed by atoms with Crippen molar-refractivity contribution in [1.82, 2.24) is 5.32 Å². The van der Waals surface area contributed by atoms with Crippen molar-refractivity contribution in [2.75, 3.05) is 18.4 Å². The van der Waals surface area contributed by atoms with Gasteiger partial charge in [-0.3, -0.25) is 9.79 Å². The molecule has 0 aliphatic carbocycles. The lowest BCUT2D eigenvalue weighted by molar-refractivity contribution is 0.0925. The number of aliphatic imine (C=N–C) groups is 1. The van der Waals surface area contributed by atoms with Crippen molar-refractivity contribution < 1.29 is 9.21 Å². The Morgan fingerprint density at radius 3 is 2.56 bits per heavy atom. The number of furan rings is 1. The maximum absolute atomic E-state index is 11.9. The first-order valence-corrected chi connectivity index (χ1v) is 9.00. The van der Waals surface area contributed by atoms with E-state index in [2.05, 4.69) is 41.6 Å². The van der Waals surface area contributed by atoms with E-state index in [1.807, 2.05) is 19.1 Å². The Bertz CT molecular complexity index is 741. The molecule has 0 aliphatic heterocycles. The van der Waals surface area contributed by atoms with Crippen LogP contribution in [0, 0.1) is 6.92 Å². The number of guanidine groups is 1. The second-order valence-corrected chi connectivity index (χ2v) is 6.37. The molecule has 2 rings (SSSR count). The normalized spacial score (nSPS) is 12.2. The van der Waals surface area contributed by atoms with Gasteiger partial charge in [0.2, 0.25) is 0 Å². The highest BCUT2D eigenvalue weighted by molar-refractivity contribution is 14.0. The Morgan fingerprint density at radius 1 is 1.26 bits per heavy atom. The maximum atomic E-state index is 11.9. The summed E-state index contributed by atoms with van der Waals surface area (Å²) >= 11 is 0. The van der Waals surface area contributed by atoms with E-state index in [0.717, 1.165) is 17.7 Å². The summed E-state index contributed by atoms with van der Waals surface area (Å²) in [6, 6.07) is 10.00. The monoisotopic (exact) mass is 484 g/mol. The van der Waals surface area contributed by atoms with E-state index in [-0.39, 0.29) is 29.9 Å². The average molecular weight is 484 g/mol. The van der Waals surface area contributed by atoms with Crippen LogP contribution in [0.5, 0.6) is 0 Å². The van der Waals surface area contributed by atoms with Crippen molar-refractivity contribution in [3.63, 3.8) is 0 Å². The highest BCUT2D eigenvalue weighted by Crippen LogP contribution is 2.20. The van der Waals surface area contributed by atoms with Crippen LogP contribution in [0.15, 0.2) is 46.0 Å². The molecule has 148 valence electrons. The number of hydrogen-bond donors (Lipinski definition) is 3. The topological polar surface area (TPSA) is 92.6 Å². The van der Waals surface area contributed by atoms with Gasteiger partial charge in [-0.2, -0.15) is 0 Å². The van der Waals surface area contributed by atoms with Crippen molar-refractivity contribution in [3.8, 4) is 0 Å². The molecule has 0 spiro atoms. The minimum atomic E-state index is -0.205. The summed E-state index contributed by atoms with van der Waals surface area (Å²) in [5.74, 6) is 1.07. The van der Waals surface area contributed by atoms with Crippen molar-refractivity contribution in [3.05, 3.63) is 53.5 Å². The van der Waals surface area contributed by atoms with E-state index >= 15 is 0 Å². The molecule has 1 aromatic carbocycles. The predicted molar refractivity (Wildman–Crippen MR) is 121 cm³/mol. The molecule has 7 heteroatoms. The SMILES string of the molecule is CCC(C)c1ccc(NC(N)=NCCCNC(=O)c2occc2C)cc1.I. The Balaban J connectivity index is 0.00000364. The van der Waals surface area contributed by atoms with E-state index in [1.54, 1.807) is 6.07 Å². The van der Waals surface area contributed by atoms with Gasteiger partial charge in [-0.05, 0) is 49.4 Å². The molecule has 2 aromatic rings. The second-order valence-electron chi connectivity index (χ2n) is 6.37. The molecule has 1 aromatic heterocycles. The lowest BCUT2D eigenvalue weighted by Gasteiger charge is -2.10. The summed E-state index contributed by atoms with van der Waals surface area (Å²) in [5, 5.41) is 5.89. The van der Waals surface area contributed by atoms with Gasteiger partial charge in [-0.25, -0.2) is 0 Å². The number of carbonyl (C=O) groups is 1. The predicted octanol–water partition coefficient (Wildman–Crippen LogP) is 4.27. The molecule has 1 unspecified atom stereocenters. The van der Waals surface area contributed by atoms with Crippen LogP contribution in [0.2, 0.25) is 0 Å². The molecular formula is C20H29IN4O2. The lowest BCUT2D eigenvalue weighted by atomic mass is 9.99. The average Bonchev–Trinajstić information content (AvgIpc) is 3.07. The van der Waals surface area contributed by atoms with Crippen molar-refractivity contribution in [1.29, 1.82) is 0 Å². The van der Waals surface area contributed by atoms with Crippen molar-refractivity contribution in [2.24, 2.45) is 10.7 Å². The largest absolute Gasteiger partial charge is 0.459 e. The third kappa shape index (κ3) is 7.24. The number of amides is 1. The molecule has 1 atom stereocenters. The molecule has 0 saturated heterocycles. The summed E-state index contributed by atoms with van der Waals surface area (Å²) in [6.07, 6.45) is 3.32. The van der Waals surface area contributed by atoms with Gasteiger partial charge in [0.05, 0.1) is 6.26 Å². The fraction of sp³-hybridized carbons (Fsp3) is 0.400. The zero-order chi connectivity index (χ0) is 18.9. The maximum Gasteiger partial charge on any atom is 0.287 e. The lowest BCUT2D eigenvalue weighted by Crippen LogP contribution is -2.26. The fourth-order valence-electron chi connectivity index (χ4n) is 2.48. The Morgan fingerprint density at radius 2 is 1.96 bits per heavy atom. The van der Waals surface area contributed by atoms with E-state index < -0.39 is 0 Å². The Hall–Kier alpha value is -2.03. The summed E-state index contributed by atoms with van der Waals surface area (Å²) in [5.41, 5.74) is 8.96. The first kappa shape index (κ1) is 23.0. The summed E-state index contributed by atoms with van der Waals surface area (Å²) in [7, 11) is 0. The first-order chi connectivity index (χ1) is 12.5. The number of halogens is 1. The highest BCUT2D eigenvalue weighted by Gasteiger charge is 2.11. The molecular weight excluding hydrogens is 455 g/mol. The number of benzene rings is 1. The minimum Gasteiger partial charge on any atom is -0.459 e. The third-order valence-corrected chi connectivity index (χ3v) is 4.34. The second kappa shape index (κ2) is 11.6. The van der Waals surface area contributed by atoms with Crippen LogP contribution >= 0.6 is 24.0 Å². The van der Waals surface area contributed by atoms with Gasteiger partial charge < -0.3 is 20.8 Å². The Labute approximate surface area is 178 Å². The molecule has 1 heterocycles. The smallest absolute Gasteiger partial charge is 0.287 e. The number of aryl methyl sites for hydroxylation is 1. The van der Waals surface area contributed by atoms with Crippen molar-refractivity contribution >= 4 is 41.5 Å². The minimum absolute atomic E-state index is 0. The molecule has 0 fully saturated rings. The summed E-state index contributed by atoms with van der Waals surface area (Å²) in [6.45, 7) is 7.27. The number of hydrogen-bond acceptors (Lipinski definition) is 3. The van der Waals surface area contributed by atoms with Crippen LogP contribution in [0.3, 0.4) is 0 Å². The number of rotatable bonds is 8. The van der Waals surface area contributed by atoms with Crippen LogP contribution in [-0.4, -0.2) is 25.0 Å². The van der Waals surface area contributed by atoms with Crippen LogP contribution in [-0.2, 0) is 0 Å². The van der Waals surface area contributed by atoms with Gasteiger partial charge in [0.15, 0.2) is 11.7 Å². The number of carbonyl (C=O) groups excluding carboxylic acids is 1. The molecule has 0 saturated carbocycles. The van der Waals surface area contributed by atoms with Gasteiger partial charge in [0.25, 0.3) is 5.91 Å². The van der Waals surface area contributed by atoms with Crippen molar-refractivity contribution in [2.45, 2.75) is 39.5 Å². The van der Waals surface area contributed by atoms with E-state index in [0.29, 0.717) is 37.1 Å². The molecule has 4 N–H and O–H groups in total. The molecule has 0 radical (unpaired) electrons. The summed E-state index contributed by atoms with van der Waals surface area (Å²) < 4.78 is 5.15. The van der Waals surface area contributed by atoms with E-state index in [4.69, 9.17) is 10.2 Å². The van der Waals surface area contributed by atoms with Gasteiger partial charge in [0.1, 0.15) is 0 Å². The fourth-order valence-corrected chi connectivity index (χ4v) is 2.48. The number of nitrogens with two attached hydrogens (primary N) is 1. The van der Waals surface area contributed by atoms with Gasteiger partial charge in [0, 0.05) is 24.3 Å². The van der Waals surface area contributed by atoms with E-state index in [1.165, 1.54) is 11.8 Å². The molecule has 0 aliphatic rings.